The van der Waals surface area contributed by atoms with Gasteiger partial charge in [-0.1, -0.05) is 32.3 Å². The van der Waals surface area contributed by atoms with E-state index in [1.165, 1.54) is 0 Å². The van der Waals surface area contributed by atoms with Crippen molar-refractivity contribution in [3.63, 3.8) is 0 Å². The summed E-state index contributed by atoms with van der Waals surface area (Å²) in [4.78, 5) is 0. The molecule has 3 heteroatoms. The Kier molecular flexibility index (Phi) is 3.65. The molecule has 0 N–H and O–H groups in total. The number of hydrogen-bond donors (Lipinski definition) is 0. The van der Waals surface area contributed by atoms with E-state index in [9.17, 15) is 0 Å². The predicted octanol–water partition coefficient (Wildman–Crippen LogP) is 3.44. The predicted molar refractivity (Wildman–Crippen MR) is 63.9 cm³/mol. The molecule has 0 bridgehead atoms. The van der Waals surface area contributed by atoms with Crippen LogP contribution in [0, 0.1) is 0 Å². The van der Waals surface area contributed by atoms with E-state index in [1.54, 1.807) is 0 Å². The number of hydrogen-bond acceptors (Lipinski definition) is 2. The molecule has 1 aliphatic rings. The molecule has 0 fully saturated rings. The van der Waals surface area contributed by atoms with Crippen LogP contribution < -0.4 is 9.26 Å². The second-order valence-corrected chi connectivity index (χ2v) is 6.14. The van der Waals surface area contributed by atoms with Gasteiger partial charge in [0.1, 0.15) is 6.35 Å². The van der Waals surface area contributed by atoms with Crippen molar-refractivity contribution in [3.8, 4) is 11.5 Å². The molecule has 1 aromatic carbocycles. The van der Waals surface area contributed by atoms with Gasteiger partial charge in [-0.2, -0.15) is 0 Å². The third kappa shape index (κ3) is 2.55. The Hall–Kier alpha value is -0.880. The molecule has 0 amide bonds. The summed E-state index contributed by atoms with van der Waals surface area (Å²) in [6.07, 6.45) is 4.61. The minimum Gasteiger partial charge on any atom is -0.482 e. The van der Waals surface area contributed by atoms with Crippen LogP contribution >= 0.6 is 7.11 Å². The minimum absolute atomic E-state index is 0.615. The maximum absolute atomic E-state index is 5.69. The first-order chi connectivity index (χ1) is 6.67. The van der Waals surface area contributed by atoms with Crippen molar-refractivity contribution in [1.29, 1.82) is 0 Å². The Morgan fingerprint density at radius 2 is 1.79 bits per heavy atom. The fraction of sp³-hybridized carbons (Fsp3) is 0.364. The van der Waals surface area contributed by atoms with E-state index < -0.39 is 7.11 Å². The number of ether oxygens (including phenoxy) is 1. The fourth-order valence-electron chi connectivity index (χ4n) is 1.11. The minimum atomic E-state index is -1.54. The standard InChI is InChI=1S/C9H11O2P.C2H6/c1-12(2)7-10-8-5-3-4-6-9(8)11-12;1-2/h3-6H,1,7H2,2H3;1-2H3. The Morgan fingerprint density at radius 1 is 1.21 bits per heavy atom. The van der Waals surface area contributed by atoms with Gasteiger partial charge in [0, 0.05) is 0 Å². The van der Waals surface area contributed by atoms with E-state index in [1.807, 2.05) is 44.8 Å². The van der Waals surface area contributed by atoms with Gasteiger partial charge in [0.05, 0.1) is 7.11 Å². The normalized spacial score (nSPS) is 23.4. The maximum Gasteiger partial charge on any atom is 0.165 e. The van der Waals surface area contributed by atoms with E-state index in [2.05, 4.69) is 6.30 Å². The molecule has 2 nitrogen and oxygen atoms in total. The topological polar surface area (TPSA) is 18.5 Å². The molecule has 0 radical (unpaired) electrons. The number of para-hydroxylation sites is 2. The van der Waals surface area contributed by atoms with Gasteiger partial charge in [0.2, 0.25) is 0 Å². The van der Waals surface area contributed by atoms with Crippen molar-refractivity contribution >= 4 is 13.4 Å². The number of benzene rings is 1. The van der Waals surface area contributed by atoms with Crippen LogP contribution in [0.5, 0.6) is 11.5 Å². The molecule has 0 aliphatic carbocycles. The summed E-state index contributed by atoms with van der Waals surface area (Å²) in [7, 11) is -1.54. The SMILES string of the molecule is C=P1(C)COc2ccccc2O1.CC. The highest BCUT2D eigenvalue weighted by atomic mass is 31.2. The van der Waals surface area contributed by atoms with Gasteiger partial charge in [-0.3, -0.25) is 0 Å². The van der Waals surface area contributed by atoms with Crippen molar-refractivity contribution in [2.75, 3.05) is 13.0 Å². The van der Waals surface area contributed by atoms with Crippen LogP contribution in [0.3, 0.4) is 0 Å². The summed E-state index contributed by atoms with van der Waals surface area (Å²) >= 11 is 0. The molecule has 1 unspecified atom stereocenters. The molecule has 1 aromatic rings. The molecule has 0 saturated carbocycles. The molecule has 1 aliphatic heterocycles. The van der Waals surface area contributed by atoms with E-state index in [0.717, 1.165) is 11.5 Å². The Balaban J connectivity index is 0.000000461. The Bertz CT molecular complexity index is 347. The molecule has 1 atom stereocenters. The molecular formula is C11H17O2P. The summed E-state index contributed by atoms with van der Waals surface area (Å²) in [5.74, 6) is 1.66. The van der Waals surface area contributed by atoms with Crippen LogP contribution in [-0.4, -0.2) is 19.3 Å². The van der Waals surface area contributed by atoms with Crippen LogP contribution in [0.1, 0.15) is 13.8 Å². The van der Waals surface area contributed by atoms with E-state index in [4.69, 9.17) is 9.26 Å². The molecular weight excluding hydrogens is 195 g/mol. The monoisotopic (exact) mass is 212 g/mol. The van der Waals surface area contributed by atoms with Crippen molar-refractivity contribution in [1.82, 2.24) is 0 Å². The summed E-state index contributed by atoms with van der Waals surface area (Å²) in [6, 6.07) is 7.70. The lowest BCUT2D eigenvalue weighted by molar-refractivity contribution is 0.340. The first-order valence-electron chi connectivity index (χ1n) is 4.79. The maximum atomic E-state index is 5.69. The van der Waals surface area contributed by atoms with Gasteiger partial charge in [-0.25, -0.2) is 0 Å². The van der Waals surface area contributed by atoms with Crippen LogP contribution in [0.15, 0.2) is 24.3 Å². The number of fused-ring (bicyclic) bond motifs is 1. The summed E-state index contributed by atoms with van der Waals surface area (Å²) in [5, 5.41) is 0. The highest BCUT2D eigenvalue weighted by molar-refractivity contribution is 7.68. The fourth-order valence-corrected chi connectivity index (χ4v) is 2.21. The van der Waals surface area contributed by atoms with E-state index >= 15 is 0 Å². The summed E-state index contributed by atoms with van der Waals surface area (Å²) < 4.78 is 11.2. The molecule has 0 spiro atoms. The molecule has 1 heterocycles. The first-order valence-corrected chi connectivity index (χ1v) is 7.31. The lowest BCUT2D eigenvalue weighted by atomic mass is 10.3. The van der Waals surface area contributed by atoms with Crippen LogP contribution in [0.2, 0.25) is 0 Å². The third-order valence-electron chi connectivity index (χ3n) is 1.66. The zero-order valence-corrected chi connectivity index (χ0v) is 9.88. The average molecular weight is 212 g/mol. The average Bonchev–Trinajstić information content (AvgIpc) is 2.19. The van der Waals surface area contributed by atoms with Gasteiger partial charge in [-0.15, -0.1) is 0 Å². The molecule has 0 aromatic heterocycles. The lowest BCUT2D eigenvalue weighted by Gasteiger charge is -2.28. The van der Waals surface area contributed by atoms with Crippen molar-refractivity contribution in [2.45, 2.75) is 13.8 Å². The first kappa shape index (κ1) is 11.2. The largest absolute Gasteiger partial charge is 0.482 e. The second kappa shape index (κ2) is 4.56. The smallest absolute Gasteiger partial charge is 0.165 e. The quantitative estimate of drug-likeness (QED) is 0.613. The summed E-state index contributed by atoms with van der Waals surface area (Å²) in [6.45, 7) is 6.02. The zero-order chi connectivity index (χ0) is 10.6. The van der Waals surface area contributed by atoms with E-state index in [-0.39, 0.29) is 0 Å². The molecule has 0 saturated heterocycles. The van der Waals surface area contributed by atoms with Gasteiger partial charge in [-0.05, 0) is 18.8 Å². The van der Waals surface area contributed by atoms with Crippen LogP contribution in [0.25, 0.3) is 0 Å². The van der Waals surface area contributed by atoms with Gasteiger partial charge < -0.3 is 9.26 Å². The van der Waals surface area contributed by atoms with Crippen molar-refractivity contribution < 1.29 is 9.26 Å². The highest BCUT2D eigenvalue weighted by Gasteiger charge is 2.19. The molecule has 78 valence electrons. The third-order valence-corrected chi connectivity index (χ3v) is 2.97. The van der Waals surface area contributed by atoms with Gasteiger partial charge in [0.15, 0.2) is 11.5 Å². The van der Waals surface area contributed by atoms with Crippen LogP contribution in [0.4, 0.5) is 0 Å². The van der Waals surface area contributed by atoms with Gasteiger partial charge >= 0.3 is 0 Å². The Morgan fingerprint density at radius 3 is 2.43 bits per heavy atom. The van der Waals surface area contributed by atoms with E-state index in [0.29, 0.717) is 6.35 Å². The van der Waals surface area contributed by atoms with Crippen molar-refractivity contribution in [2.24, 2.45) is 0 Å². The summed E-state index contributed by atoms with van der Waals surface area (Å²) in [5.41, 5.74) is 0. The molecule has 14 heavy (non-hydrogen) atoms. The molecule has 2 rings (SSSR count). The Labute approximate surface area is 85.9 Å². The second-order valence-electron chi connectivity index (χ2n) is 3.11. The van der Waals surface area contributed by atoms with Crippen molar-refractivity contribution in [3.05, 3.63) is 24.3 Å². The van der Waals surface area contributed by atoms with Gasteiger partial charge in [0.25, 0.3) is 0 Å². The number of rotatable bonds is 0. The lowest BCUT2D eigenvalue weighted by Crippen LogP contribution is -2.09. The van der Waals surface area contributed by atoms with Crippen LogP contribution in [-0.2, 0) is 0 Å². The highest BCUT2D eigenvalue weighted by Crippen LogP contribution is 2.49. The zero-order valence-electron chi connectivity index (χ0n) is 8.99.